The number of ether oxygens (including phenoxy) is 2. The van der Waals surface area contributed by atoms with Crippen LogP contribution in [0.5, 0.6) is 11.6 Å². The lowest BCUT2D eigenvalue weighted by molar-refractivity contribution is -0.117. The Morgan fingerprint density at radius 1 is 1.13 bits per heavy atom. The number of hydrogen-bond acceptors (Lipinski definition) is 6. The molecule has 0 saturated carbocycles. The van der Waals surface area contributed by atoms with Crippen LogP contribution in [0.4, 0.5) is 0 Å². The molecule has 0 unspecified atom stereocenters. The van der Waals surface area contributed by atoms with E-state index in [-0.39, 0.29) is 30.5 Å². The first-order chi connectivity index (χ1) is 11.1. The molecule has 0 aliphatic carbocycles. The zero-order chi connectivity index (χ0) is 16.2. The van der Waals surface area contributed by atoms with Crippen LogP contribution in [-0.4, -0.2) is 41.5 Å². The molecule has 0 atom stereocenters. The number of primary amides is 1. The Hall–Kier alpha value is -3.16. The summed E-state index contributed by atoms with van der Waals surface area (Å²) in [7, 11) is 0. The van der Waals surface area contributed by atoms with Crippen molar-refractivity contribution in [1.29, 1.82) is 0 Å². The van der Waals surface area contributed by atoms with Crippen LogP contribution in [0.3, 0.4) is 0 Å². The fourth-order valence-electron chi connectivity index (χ4n) is 2.06. The molecule has 1 aromatic heterocycles. The van der Waals surface area contributed by atoms with Gasteiger partial charge in [0.1, 0.15) is 13.2 Å². The highest BCUT2D eigenvalue weighted by Gasteiger charge is 2.25. The lowest BCUT2D eigenvalue weighted by Crippen LogP contribution is -2.34. The van der Waals surface area contributed by atoms with Crippen molar-refractivity contribution in [2.75, 3.05) is 19.8 Å². The number of carbonyl (C=O) groups is 2. The van der Waals surface area contributed by atoms with E-state index in [2.05, 4.69) is 15.3 Å². The van der Waals surface area contributed by atoms with E-state index < -0.39 is 11.8 Å². The molecule has 2 amide bonds. The Bertz CT molecular complexity index is 749. The van der Waals surface area contributed by atoms with E-state index in [1.165, 1.54) is 0 Å². The highest BCUT2D eigenvalue weighted by molar-refractivity contribution is 5.97. The van der Waals surface area contributed by atoms with Crippen molar-refractivity contribution >= 4 is 11.8 Å². The van der Waals surface area contributed by atoms with Crippen molar-refractivity contribution in [3.8, 4) is 23.0 Å². The first kappa shape index (κ1) is 14.8. The van der Waals surface area contributed by atoms with Crippen LogP contribution in [0, 0.1) is 0 Å². The summed E-state index contributed by atoms with van der Waals surface area (Å²) >= 11 is 0. The average molecular weight is 314 g/mol. The molecule has 0 spiro atoms. The summed E-state index contributed by atoms with van der Waals surface area (Å²) < 4.78 is 10.9. The van der Waals surface area contributed by atoms with Gasteiger partial charge in [-0.05, 0) is 0 Å². The number of nitrogens with zero attached hydrogens (tertiary/aromatic N) is 2. The fourth-order valence-corrected chi connectivity index (χ4v) is 2.06. The van der Waals surface area contributed by atoms with Gasteiger partial charge in [0.05, 0.1) is 6.54 Å². The van der Waals surface area contributed by atoms with Crippen LogP contribution < -0.4 is 20.5 Å². The quantitative estimate of drug-likeness (QED) is 0.828. The van der Waals surface area contributed by atoms with Gasteiger partial charge in [-0.1, -0.05) is 30.3 Å². The summed E-state index contributed by atoms with van der Waals surface area (Å²) in [4.78, 5) is 31.6. The van der Waals surface area contributed by atoms with Gasteiger partial charge in [0.15, 0.2) is 11.5 Å². The van der Waals surface area contributed by atoms with Crippen LogP contribution in [0.1, 0.15) is 10.5 Å². The molecule has 0 bridgehead atoms. The van der Waals surface area contributed by atoms with Crippen LogP contribution in [-0.2, 0) is 4.79 Å². The molecule has 23 heavy (non-hydrogen) atoms. The second-order valence-corrected chi connectivity index (χ2v) is 4.74. The minimum Gasteiger partial charge on any atom is -0.483 e. The van der Waals surface area contributed by atoms with Crippen LogP contribution in [0.15, 0.2) is 30.3 Å². The van der Waals surface area contributed by atoms with Crippen LogP contribution >= 0.6 is 0 Å². The second-order valence-electron chi connectivity index (χ2n) is 4.74. The van der Waals surface area contributed by atoms with E-state index in [1.54, 1.807) is 0 Å². The topological polar surface area (TPSA) is 116 Å². The number of rotatable bonds is 4. The Morgan fingerprint density at radius 3 is 2.61 bits per heavy atom. The summed E-state index contributed by atoms with van der Waals surface area (Å²) in [5.74, 6) is -0.529. The van der Waals surface area contributed by atoms with Crippen molar-refractivity contribution < 1.29 is 19.1 Å². The average Bonchev–Trinajstić information content (AvgIpc) is 2.59. The smallest absolute Gasteiger partial charge is 0.274 e. The van der Waals surface area contributed by atoms with Gasteiger partial charge in [-0.3, -0.25) is 9.59 Å². The minimum absolute atomic E-state index is 0.00908. The van der Waals surface area contributed by atoms with E-state index in [4.69, 9.17) is 15.2 Å². The summed E-state index contributed by atoms with van der Waals surface area (Å²) in [6.07, 6.45) is 0. The van der Waals surface area contributed by atoms with E-state index in [1.807, 2.05) is 30.3 Å². The van der Waals surface area contributed by atoms with Gasteiger partial charge >= 0.3 is 0 Å². The van der Waals surface area contributed by atoms with Crippen molar-refractivity contribution in [2.24, 2.45) is 5.73 Å². The number of carbonyl (C=O) groups excluding carboxylic acids is 2. The normalized spacial score (nSPS) is 12.5. The standard InChI is InChI=1S/C15H14N4O4/c16-10(20)8-17-14(21)11-12-15(23-7-6-22-12)19-13(18-11)9-4-2-1-3-5-9/h1-5H,6-8H2,(H2,16,20)(H,17,21). The van der Waals surface area contributed by atoms with Crippen molar-refractivity contribution in [3.05, 3.63) is 36.0 Å². The van der Waals surface area contributed by atoms with Gasteiger partial charge in [-0.25, -0.2) is 4.98 Å². The molecule has 118 valence electrons. The Morgan fingerprint density at radius 2 is 1.87 bits per heavy atom. The largest absolute Gasteiger partial charge is 0.483 e. The van der Waals surface area contributed by atoms with E-state index >= 15 is 0 Å². The Kier molecular flexibility index (Phi) is 4.05. The third-order valence-corrected chi connectivity index (χ3v) is 3.07. The number of hydrogen-bond donors (Lipinski definition) is 2. The fraction of sp³-hybridized carbons (Fsp3) is 0.200. The Balaban J connectivity index is 2.02. The van der Waals surface area contributed by atoms with Gasteiger partial charge in [0.2, 0.25) is 11.7 Å². The third kappa shape index (κ3) is 3.20. The monoisotopic (exact) mass is 314 g/mol. The zero-order valence-corrected chi connectivity index (χ0v) is 12.1. The van der Waals surface area contributed by atoms with Crippen molar-refractivity contribution in [3.63, 3.8) is 0 Å². The number of benzene rings is 1. The molecular formula is C15H14N4O4. The first-order valence-corrected chi connectivity index (χ1v) is 6.94. The molecule has 8 heteroatoms. The minimum atomic E-state index is -0.651. The van der Waals surface area contributed by atoms with Gasteiger partial charge in [-0.2, -0.15) is 4.98 Å². The SMILES string of the molecule is NC(=O)CNC(=O)c1nc(-c2ccccc2)nc2c1OCCO2. The lowest BCUT2D eigenvalue weighted by Gasteiger charge is -2.20. The summed E-state index contributed by atoms with van der Waals surface area (Å²) in [6, 6.07) is 9.17. The molecule has 2 heterocycles. The third-order valence-electron chi connectivity index (χ3n) is 3.07. The van der Waals surface area contributed by atoms with Gasteiger partial charge in [0.25, 0.3) is 11.8 Å². The zero-order valence-electron chi connectivity index (χ0n) is 12.1. The molecule has 1 aromatic carbocycles. The highest BCUT2D eigenvalue weighted by atomic mass is 16.6. The van der Waals surface area contributed by atoms with E-state index in [0.717, 1.165) is 5.56 Å². The Labute approximate surface area is 131 Å². The number of nitrogens with two attached hydrogens (primary N) is 1. The number of fused-ring (bicyclic) bond motifs is 1. The van der Waals surface area contributed by atoms with Crippen LogP contribution in [0.2, 0.25) is 0 Å². The van der Waals surface area contributed by atoms with Crippen LogP contribution in [0.25, 0.3) is 11.4 Å². The number of aromatic nitrogens is 2. The maximum absolute atomic E-state index is 12.3. The molecule has 1 aliphatic heterocycles. The van der Waals surface area contributed by atoms with Crippen molar-refractivity contribution in [2.45, 2.75) is 0 Å². The lowest BCUT2D eigenvalue weighted by atomic mass is 10.2. The summed E-state index contributed by atoms with van der Waals surface area (Å²) in [5, 5.41) is 2.39. The number of nitrogens with one attached hydrogen (secondary N) is 1. The predicted octanol–water partition coefficient (Wildman–Crippen LogP) is 0.130. The molecule has 1 aliphatic rings. The first-order valence-electron chi connectivity index (χ1n) is 6.94. The maximum atomic E-state index is 12.3. The molecule has 0 saturated heterocycles. The summed E-state index contributed by atoms with van der Waals surface area (Å²) in [6.45, 7) is 0.330. The molecule has 3 N–H and O–H groups in total. The second kappa shape index (κ2) is 6.30. The molecule has 0 radical (unpaired) electrons. The highest BCUT2D eigenvalue weighted by Crippen LogP contribution is 2.33. The molecule has 0 fully saturated rings. The van der Waals surface area contributed by atoms with Gasteiger partial charge < -0.3 is 20.5 Å². The molecule has 8 nitrogen and oxygen atoms in total. The molecule has 3 rings (SSSR count). The van der Waals surface area contributed by atoms with E-state index in [9.17, 15) is 9.59 Å². The molecule has 2 aromatic rings. The summed E-state index contributed by atoms with van der Waals surface area (Å²) in [5.41, 5.74) is 5.77. The predicted molar refractivity (Wildman–Crippen MR) is 80.0 cm³/mol. The molecular weight excluding hydrogens is 300 g/mol. The number of amides is 2. The van der Waals surface area contributed by atoms with Crippen molar-refractivity contribution in [1.82, 2.24) is 15.3 Å². The maximum Gasteiger partial charge on any atom is 0.274 e. The van der Waals surface area contributed by atoms with Gasteiger partial charge in [-0.15, -0.1) is 0 Å². The van der Waals surface area contributed by atoms with E-state index in [0.29, 0.717) is 12.4 Å². The van der Waals surface area contributed by atoms with Gasteiger partial charge in [0, 0.05) is 5.56 Å².